The van der Waals surface area contributed by atoms with E-state index in [0.29, 0.717) is 10.9 Å². The Morgan fingerprint density at radius 1 is 1.50 bits per heavy atom. The topological polar surface area (TPSA) is 75.4 Å². The summed E-state index contributed by atoms with van der Waals surface area (Å²) in [5, 5.41) is 6.76. The lowest BCUT2D eigenvalue weighted by molar-refractivity contribution is -0.883. The van der Waals surface area contributed by atoms with E-state index in [0.717, 1.165) is 26.2 Å². The number of quaternary nitrogens is 1. The number of likely N-dealkylation sites (N-methyl/N-ethyl adjacent to an activating group) is 1. The van der Waals surface area contributed by atoms with E-state index >= 15 is 0 Å². The number of nitrogens with one attached hydrogen (secondary N) is 2. The van der Waals surface area contributed by atoms with Crippen molar-refractivity contribution in [3.8, 4) is 0 Å². The lowest BCUT2D eigenvalue weighted by Gasteiger charge is -2.29. The molecule has 7 nitrogen and oxygen atoms in total. The van der Waals surface area contributed by atoms with Gasteiger partial charge in [-0.25, -0.2) is 9.89 Å². The first-order valence-corrected chi connectivity index (χ1v) is 6.90. The van der Waals surface area contributed by atoms with Crippen LogP contribution in [0.2, 0.25) is 0 Å². The predicted molar refractivity (Wildman–Crippen MR) is 67.8 cm³/mol. The molecule has 0 aromatic carbocycles. The first-order valence-electron chi connectivity index (χ1n) is 5.91. The molecule has 0 atom stereocenters. The van der Waals surface area contributed by atoms with Gasteiger partial charge in [-0.3, -0.25) is 9.36 Å². The molecule has 0 aliphatic carbocycles. The first-order chi connectivity index (χ1) is 8.58. The lowest BCUT2D eigenvalue weighted by atomic mass is 10.3. The van der Waals surface area contributed by atoms with Crippen molar-refractivity contribution in [3.63, 3.8) is 0 Å². The third-order valence-corrected chi connectivity index (χ3v) is 4.15. The Morgan fingerprint density at radius 3 is 2.72 bits per heavy atom. The molecule has 1 saturated heterocycles. The molecule has 2 rings (SSSR count). The third kappa shape index (κ3) is 2.94. The molecule has 1 amide bonds. The van der Waals surface area contributed by atoms with Crippen LogP contribution in [0, 0.1) is 0 Å². The van der Waals surface area contributed by atoms with Gasteiger partial charge in [-0.1, -0.05) is 11.8 Å². The van der Waals surface area contributed by atoms with Crippen LogP contribution in [0.15, 0.2) is 9.95 Å². The molecule has 1 aliphatic heterocycles. The van der Waals surface area contributed by atoms with E-state index in [2.05, 4.69) is 17.2 Å². The Morgan fingerprint density at radius 2 is 2.17 bits per heavy atom. The summed E-state index contributed by atoms with van der Waals surface area (Å²) in [6.07, 6.45) is 0. The van der Waals surface area contributed by atoms with Crippen molar-refractivity contribution in [2.24, 2.45) is 7.05 Å². The third-order valence-electron chi connectivity index (χ3n) is 3.13. The fraction of sp³-hybridized carbons (Fsp3) is 0.700. The van der Waals surface area contributed by atoms with Crippen LogP contribution < -0.4 is 10.6 Å². The average Bonchev–Trinajstić information content (AvgIpc) is 2.68. The smallest absolute Gasteiger partial charge is 0.334 e. The highest BCUT2D eigenvalue weighted by molar-refractivity contribution is 7.99. The molecule has 0 unspecified atom stereocenters. The Hall–Kier alpha value is -1.28. The number of carbonyl (C=O) groups excluding carboxylic acids is 1. The second-order valence-corrected chi connectivity index (χ2v) is 5.44. The zero-order valence-electron chi connectivity index (χ0n) is 10.6. The number of carbonyl (C=O) groups is 1. The normalized spacial score (nSPS) is 17.1. The molecule has 0 saturated carbocycles. The zero-order chi connectivity index (χ0) is 13.1. The maximum absolute atomic E-state index is 12.0. The number of piperazine rings is 1. The van der Waals surface area contributed by atoms with Crippen LogP contribution in [-0.2, 0) is 11.8 Å². The molecule has 2 heterocycles. The van der Waals surface area contributed by atoms with Crippen molar-refractivity contribution in [2.75, 3.05) is 39.0 Å². The Kier molecular flexibility index (Phi) is 4.07. The van der Waals surface area contributed by atoms with Gasteiger partial charge >= 0.3 is 5.69 Å². The number of nitrogens with zero attached hydrogens (tertiary/aromatic N) is 3. The molecule has 8 heteroatoms. The number of rotatable bonds is 3. The van der Waals surface area contributed by atoms with Crippen LogP contribution in [0.4, 0.5) is 0 Å². The van der Waals surface area contributed by atoms with Gasteiger partial charge in [0.2, 0.25) is 5.91 Å². The summed E-state index contributed by atoms with van der Waals surface area (Å²) in [4.78, 5) is 26.5. The highest BCUT2D eigenvalue weighted by atomic mass is 32.2. The number of aromatic amines is 1. The summed E-state index contributed by atoms with van der Waals surface area (Å²) in [7, 11) is 3.77. The summed E-state index contributed by atoms with van der Waals surface area (Å²) >= 11 is 1.29. The highest BCUT2D eigenvalue weighted by Gasteiger charge is 2.21. The SMILES string of the molecule is Cn1c(SCC(=O)N2CC[NH+](C)CC2)n[nH]c1=O. The molecular formula is C10H18N5O2S+. The number of aromatic nitrogens is 3. The van der Waals surface area contributed by atoms with E-state index in [4.69, 9.17) is 0 Å². The molecule has 1 aliphatic rings. The van der Waals surface area contributed by atoms with Crippen molar-refractivity contribution in [2.45, 2.75) is 5.16 Å². The van der Waals surface area contributed by atoms with Crippen LogP contribution in [0.25, 0.3) is 0 Å². The van der Waals surface area contributed by atoms with Crippen LogP contribution in [0.1, 0.15) is 0 Å². The molecule has 0 radical (unpaired) electrons. The zero-order valence-corrected chi connectivity index (χ0v) is 11.4. The summed E-state index contributed by atoms with van der Waals surface area (Å²) in [5.74, 6) is 0.444. The second kappa shape index (κ2) is 5.57. The fourth-order valence-corrected chi connectivity index (χ4v) is 2.64. The van der Waals surface area contributed by atoms with E-state index in [1.54, 1.807) is 7.05 Å². The van der Waals surface area contributed by atoms with Gasteiger partial charge in [0.25, 0.3) is 0 Å². The Bertz CT molecular complexity index is 475. The molecule has 100 valence electrons. The molecule has 2 N–H and O–H groups in total. The van der Waals surface area contributed by atoms with E-state index < -0.39 is 0 Å². The van der Waals surface area contributed by atoms with Gasteiger partial charge in [0.1, 0.15) is 0 Å². The average molecular weight is 272 g/mol. The lowest BCUT2D eigenvalue weighted by Crippen LogP contribution is -3.12. The molecule has 0 bridgehead atoms. The maximum Gasteiger partial charge on any atom is 0.343 e. The van der Waals surface area contributed by atoms with Gasteiger partial charge in [0.15, 0.2) is 5.16 Å². The molecule has 1 fully saturated rings. The van der Waals surface area contributed by atoms with Crippen LogP contribution >= 0.6 is 11.8 Å². The van der Waals surface area contributed by atoms with Gasteiger partial charge in [-0.05, 0) is 0 Å². The Labute approximate surface area is 109 Å². The van der Waals surface area contributed by atoms with Gasteiger partial charge in [-0.15, -0.1) is 5.10 Å². The van der Waals surface area contributed by atoms with Gasteiger partial charge in [0, 0.05) is 7.05 Å². The minimum atomic E-state index is -0.256. The second-order valence-electron chi connectivity index (χ2n) is 4.50. The van der Waals surface area contributed by atoms with Crippen LogP contribution in [0.5, 0.6) is 0 Å². The van der Waals surface area contributed by atoms with E-state index in [9.17, 15) is 9.59 Å². The first kappa shape index (κ1) is 13.2. The predicted octanol–water partition coefficient (Wildman–Crippen LogP) is -2.44. The fourth-order valence-electron chi connectivity index (χ4n) is 1.82. The molecule has 1 aromatic heterocycles. The van der Waals surface area contributed by atoms with Crippen molar-refractivity contribution in [1.29, 1.82) is 0 Å². The number of hydrogen-bond donors (Lipinski definition) is 2. The molecular weight excluding hydrogens is 254 g/mol. The summed E-state index contributed by atoms with van der Waals surface area (Å²) in [5.41, 5.74) is -0.256. The summed E-state index contributed by atoms with van der Waals surface area (Å²) in [6.45, 7) is 3.62. The largest absolute Gasteiger partial charge is 0.343 e. The minimum absolute atomic E-state index is 0.114. The van der Waals surface area contributed by atoms with E-state index in [-0.39, 0.29) is 11.6 Å². The Balaban J connectivity index is 1.85. The molecule has 0 spiro atoms. The van der Waals surface area contributed by atoms with Crippen molar-refractivity contribution < 1.29 is 9.69 Å². The standard InChI is InChI=1S/C10H17N5O2S/c1-13-3-5-15(6-4-13)8(16)7-18-10-12-11-9(17)14(10)2/h3-7H2,1-2H3,(H,11,17)/p+1. The maximum atomic E-state index is 12.0. The van der Waals surface area contributed by atoms with Crippen molar-refractivity contribution in [1.82, 2.24) is 19.7 Å². The highest BCUT2D eigenvalue weighted by Crippen LogP contribution is 2.12. The van der Waals surface area contributed by atoms with E-state index in [1.165, 1.54) is 21.2 Å². The van der Waals surface area contributed by atoms with E-state index in [1.807, 2.05) is 4.90 Å². The monoisotopic (exact) mass is 272 g/mol. The van der Waals surface area contributed by atoms with Crippen molar-refractivity contribution in [3.05, 3.63) is 10.5 Å². The van der Waals surface area contributed by atoms with Gasteiger partial charge < -0.3 is 9.80 Å². The van der Waals surface area contributed by atoms with Crippen LogP contribution in [-0.4, -0.2) is 64.6 Å². The molecule has 1 aromatic rings. The summed E-state index contributed by atoms with van der Waals surface area (Å²) in [6, 6.07) is 0. The van der Waals surface area contributed by atoms with Gasteiger partial charge in [-0.2, -0.15) is 0 Å². The number of thioether (sulfide) groups is 1. The number of amides is 1. The minimum Gasteiger partial charge on any atom is -0.334 e. The number of H-pyrrole nitrogens is 1. The molecule has 18 heavy (non-hydrogen) atoms. The van der Waals surface area contributed by atoms with Crippen molar-refractivity contribution >= 4 is 17.7 Å². The number of hydrogen-bond acceptors (Lipinski definition) is 4. The van der Waals surface area contributed by atoms with Crippen LogP contribution in [0.3, 0.4) is 0 Å². The quantitative estimate of drug-likeness (QED) is 0.599. The summed E-state index contributed by atoms with van der Waals surface area (Å²) < 4.78 is 1.41. The van der Waals surface area contributed by atoms with Gasteiger partial charge in [0.05, 0.1) is 39.0 Å².